The fourth-order valence-electron chi connectivity index (χ4n) is 3.43. The number of hydrogen-bond donors (Lipinski definition) is 0. The first-order valence-electron chi connectivity index (χ1n) is 9.62. The number of amides is 1. The zero-order valence-electron chi connectivity index (χ0n) is 16.0. The molecule has 5 nitrogen and oxygen atoms in total. The lowest BCUT2D eigenvalue weighted by Gasteiger charge is -2.36. The van der Waals surface area contributed by atoms with E-state index in [2.05, 4.69) is 25.8 Å². The van der Waals surface area contributed by atoms with Crippen molar-refractivity contribution in [1.82, 2.24) is 9.88 Å². The van der Waals surface area contributed by atoms with Crippen molar-refractivity contribution in [3.63, 3.8) is 0 Å². The van der Waals surface area contributed by atoms with Crippen molar-refractivity contribution in [1.29, 1.82) is 0 Å². The van der Waals surface area contributed by atoms with E-state index in [9.17, 15) is 4.79 Å². The van der Waals surface area contributed by atoms with Crippen LogP contribution >= 0.6 is 15.9 Å². The number of halogens is 1. The van der Waals surface area contributed by atoms with Gasteiger partial charge in [0.1, 0.15) is 12.4 Å². The third kappa shape index (κ3) is 4.59. The van der Waals surface area contributed by atoms with Gasteiger partial charge in [0.15, 0.2) is 0 Å². The van der Waals surface area contributed by atoms with Gasteiger partial charge in [-0.2, -0.15) is 0 Å². The Kier molecular flexibility index (Phi) is 6.10. The third-order valence-corrected chi connectivity index (χ3v) is 5.83. The maximum absolute atomic E-state index is 13.2. The van der Waals surface area contributed by atoms with Crippen LogP contribution in [0.1, 0.15) is 15.9 Å². The van der Waals surface area contributed by atoms with E-state index in [1.807, 2.05) is 65.6 Å². The Morgan fingerprint density at radius 3 is 2.38 bits per heavy atom. The maximum Gasteiger partial charge on any atom is 0.257 e. The highest BCUT2D eigenvalue weighted by Gasteiger charge is 2.24. The maximum atomic E-state index is 13.2. The summed E-state index contributed by atoms with van der Waals surface area (Å²) in [6, 6.07) is 19.4. The molecule has 0 unspecified atom stereocenters. The van der Waals surface area contributed by atoms with Gasteiger partial charge in [-0.1, -0.05) is 46.3 Å². The second-order valence-corrected chi connectivity index (χ2v) is 7.72. The van der Waals surface area contributed by atoms with E-state index >= 15 is 0 Å². The van der Waals surface area contributed by atoms with Crippen molar-refractivity contribution in [2.45, 2.75) is 6.61 Å². The Labute approximate surface area is 179 Å². The second-order valence-electron chi connectivity index (χ2n) is 6.86. The summed E-state index contributed by atoms with van der Waals surface area (Å²) in [5, 5.41) is 0. The Morgan fingerprint density at radius 2 is 1.62 bits per heavy atom. The standard InChI is InChI=1S/C23H22BrN3O2/c24-21-7-3-1-5-18(21)17-29-22-8-4-2-6-20(22)23(28)27-15-13-26(14-16-27)19-9-11-25-12-10-19/h1-12H,13-17H2. The van der Waals surface area contributed by atoms with Crippen molar-refractivity contribution in [2.75, 3.05) is 31.1 Å². The molecule has 2 aromatic carbocycles. The van der Waals surface area contributed by atoms with Crippen LogP contribution in [0.3, 0.4) is 0 Å². The summed E-state index contributed by atoms with van der Waals surface area (Å²) in [5.41, 5.74) is 2.79. The van der Waals surface area contributed by atoms with Crippen LogP contribution in [-0.4, -0.2) is 42.0 Å². The van der Waals surface area contributed by atoms with Gasteiger partial charge in [0.25, 0.3) is 5.91 Å². The quantitative estimate of drug-likeness (QED) is 0.577. The highest BCUT2D eigenvalue weighted by atomic mass is 79.9. The molecule has 3 aromatic rings. The summed E-state index contributed by atoms with van der Waals surface area (Å²) in [5.74, 6) is 0.631. The molecule has 0 atom stereocenters. The minimum Gasteiger partial charge on any atom is -0.488 e. The Balaban J connectivity index is 1.42. The number of aromatic nitrogens is 1. The van der Waals surface area contributed by atoms with Crippen molar-refractivity contribution >= 4 is 27.5 Å². The molecule has 0 saturated carbocycles. The fourth-order valence-corrected chi connectivity index (χ4v) is 3.83. The van der Waals surface area contributed by atoms with Crippen LogP contribution < -0.4 is 9.64 Å². The highest BCUT2D eigenvalue weighted by Crippen LogP contribution is 2.24. The molecule has 0 radical (unpaired) electrons. The molecule has 4 rings (SSSR count). The number of ether oxygens (including phenoxy) is 1. The summed E-state index contributed by atoms with van der Waals surface area (Å²) >= 11 is 3.54. The molecule has 0 N–H and O–H groups in total. The van der Waals surface area contributed by atoms with Crippen LogP contribution in [0, 0.1) is 0 Å². The van der Waals surface area contributed by atoms with Gasteiger partial charge < -0.3 is 14.5 Å². The van der Waals surface area contributed by atoms with Crippen LogP contribution in [0.5, 0.6) is 5.75 Å². The van der Waals surface area contributed by atoms with Crippen LogP contribution in [0.4, 0.5) is 5.69 Å². The van der Waals surface area contributed by atoms with Crippen LogP contribution in [-0.2, 0) is 6.61 Å². The summed E-state index contributed by atoms with van der Waals surface area (Å²) in [6.07, 6.45) is 3.59. The number of carbonyl (C=O) groups excluding carboxylic acids is 1. The summed E-state index contributed by atoms with van der Waals surface area (Å²) < 4.78 is 7.01. The number of nitrogens with zero attached hydrogens (tertiary/aromatic N) is 3. The number of hydrogen-bond acceptors (Lipinski definition) is 4. The molecule has 1 aliphatic rings. The molecule has 1 fully saturated rings. The van der Waals surface area contributed by atoms with Crippen molar-refractivity contribution in [3.8, 4) is 5.75 Å². The van der Waals surface area contributed by atoms with E-state index in [-0.39, 0.29) is 5.91 Å². The van der Waals surface area contributed by atoms with E-state index < -0.39 is 0 Å². The molecule has 0 spiro atoms. The van der Waals surface area contributed by atoms with Gasteiger partial charge in [-0.25, -0.2) is 0 Å². The first kappa shape index (κ1) is 19.5. The van der Waals surface area contributed by atoms with Gasteiger partial charge in [0.2, 0.25) is 0 Å². The van der Waals surface area contributed by atoms with E-state index in [0.717, 1.165) is 28.8 Å². The molecule has 29 heavy (non-hydrogen) atoms. The Hall–Kier alpha value is -2.86. The first-order chi connectivity index (χ1) is 14.2. The zero-order chi connectivity index (χ0) is 20.1. The van der Waals surface area contributed by atoms with E-state index in [4.69, 9.17) is 4.74 Å². The van der Waals surface area contributed by atoms with Crippen molar-refractivity contribution < 1.29 is 9.53 Å². The van der Waals surface area contributed by atoms with Crippen molar-refractivity contribution in [2.24, 2.45) is 0 Å². The van der Waals surface area contributed by atoms with Crippen LogP contribution in [0.2, 0.25) is 0 Å². The SMILES string of the molecule is O=C(c1ccccc1OCc1ccccc1Br)N1CCN(c2ccncc2)CC1. The molecule has 1 aliphatic heterocycles. The molecular formula is C23H22BrN3O2. The second kappa shape index (κ2) is 9.09. The molecule has 1 saturated heterocycles. The number of piperazine rings is 1. The predicted octanol–water partition coefficient (Wildman–Crippen LogP) is 4.39. The largest absolute Gasteiger partial charge is 0.488 e. The van der Waals surface area contributed by atoms with Gasteiger partial charge in [-0.15, -0.1) is 0 Å². The van der Waals surface area contributed by atoms with Gasteiger partial charge in [-0.3, -0.25) is 9.78 Å². The van der Waals surface area contributed by atoms with Crippen molar-refractivity contribution in [3.05, 3.63) is 88.7 Å². The average molecular weight is 452 g/mol. The topological polar surface area (TPSA) is 45.7 Å². The minimum absolute atomic E-state index is 0.0158. The monoisotopic (exact) mass is 451 g/mol. The number of para-hydroxylation sites is 1. The van der Waals surface area contributed by atoms with Gasteiger partial charge in [0.05, 0.1) is 5.56 Å². The van der Waals surface area contributed by atoms with E-state index in [1.54, 1.807) is 12.4 Å². The normalized spacial score (nSPS) is 14.0. The lowest BCUT2D eigenvalue weighted by molar-refractivity contribution is 0.0742. The molecule has 0 bridgehead atoms. The lowest BCUT2D eigenvalue weighted by Crippen LogP contribution is -2.48. The molecule has 2 heterocycles. The van der Waals surface area contributed by atoms with Gasteiger partial charge >= 0.3 is 0 Å². The molecule has 1 aromatic heterocycles. The fraction of sp³-hybridized carbons (Fsp3) is 0.217. The first-order valence-corrected chi connectivity index (χ1v) is 10.4. The Bertz CT molecular complexity index is 973. The lowest BCUT2D eigenvalue weighted by atomic mass is 10.1. The zero-order valence-corrected chi connectivity index (χ0v) is 17.6. The molecule has 148 valence electrons. The molecule has 6 heteroatoms. The average Bonchev–Trinajstić information content (AvgIpc) is 2.79. The molecule has 0 aliphatic carbocycles. The summed E-state index contributed by atoms with van der Waals surface area (Å²) in [7, 11) is 0. The van der Waals surface area contributed by atoms with E-state index in [1.165, 1.54) is 0 Å². The number of anilines is 1. The van der Waals surface area contributed by atoms with Crippen LogP contribution in [0.15, 0.2) is 77.5 Å². The van der Waals surface area contributed by atoms with Gasteiger partial charge in [0, 0.05) is 54.3 Å². The molecule has 1 amide bonds. The van der Waals surface area contributed by atoms with Crippen LogP contribution in [0.25, 0.3) is 0 Å². The number of rotatable bonds is 5. The molecular weight excluding hydrogens is 430 g/mol. The minimum atomic E-state index is 0.0158. The highest BCUT2D eigenvalue weighted by molar-refractivity contribution is 9.10. The smallest absolute Gasteiger partial charge is 0.257 e. The Morgan fingerprint density at radius 1 is 0.931 bits per heavy atom. The summed E-state index contributed by atoms with van der Waals surface area (Å²) in [4.78, 5) is 21.4. The third-order valence-electron chi connectivity index (χ3n) is 5.05. The number of benzene rings is 2. The summed E-state index contributed by atoms with van der Waals surface area (Å²) in [6.45, 7) is 3.37. The number of carbonyl (C=O) groups is 1. The van der Waals surface area contributed by atoms with E-state index in [0.29, 0.717) is 31.0 Å². The number of pyridine rings is 1. The predicted molar refractivity (Wildman–Crippen MR) is 117 cm³/mol. The van der Waals surface area contributed by atoms with Gasteiger partial charge in [-0.05, 0) is 30.3 Å².